The number of hydrogen-bond donors (Lipinski definition) is 0. The monoisotopic (exact) mass is 268 g/mol. The lowest BCUT2D eigenvalue weighted by molar-refractivity contribution is 0.408. The van der Waals surface area contributed by atoms with Crippen LogP contribution in [0.4, 0.5) is 0 Å². The van der Waals surface area contributed by atoms with Crippen LogP contribution in [0.25, 0.3) is 0 Å². The largest absolute Gasteiger partial charge is 0.496 e. The topological polar surface area (TPSA) is 9.23 Å². The standard InChI is InChI=1S/C13H17BrO/c1-8-4-5-12(15-3)11(6-8)13(14)10-7-9(10)2/h4-6,9-10,13H,7H2,1-3H3. The fraction of sp³-hybridized carbons (Fsp3) is 0.538. The van der Waals surface area contributed by atoms with Crippen molar-refractivity contribution in [2.75, 3.05) is 7.11 Å². The fourth-order valence-electron chi connectivity index (χ4n) is 2.06. The van der Waals surface area contributed by atoms with Gasteiger partial charge in [0, 0.05) is 10.4 Å². The molecule has 0 amide bonds. The van der Waals surface area contributed by atoms with E-state index < -0.39 is 0 Å². The van der Waals surface area contributed by atoms with Gasteiger partial charge in [-0.15, -0.1) is 0 Å². The summed E-state index contributed by atoms with van der Waals surface area (Å²) in [6.45, 7) is 4.43. The molecule has 0 aliphatic heterocycles. The summed E-state index contributed by atoms with van der Waals surface area (Å²) in [5.74, 6) is 2.63. The molecule has 0 radical (unpaired) electrons. The van der Waals surface area contributed by atoms with Gasteiger partial charge in [-0.05, 0) is 31.2 Å². The van der Waals surface area contributed by atoms with E-state index in [0.717, 1.165) is 17.6 Å². The van der Waals surface area contributed by atoms with Gasteiger partial charge in [0.05, 0.1) is 7.11 Å². The quantitative estimate of drug-likeness (QED) is 0.751. The van der Waals surface area contributed by atoms with Crippen LogP contribution in [0.2, 0.25) is 0 Å². The number of benzene rings is 1. The van der Waals surface area contributed by atoms with Crippen molar-refractivity contribution >= 4 is 15.9 Å². The van der Waals surface area contributed by atoms with Crippen LogP contribution in [-0.4, -0.2) is 7.11 Å². The number of methoxy groups -OCH3 is 1. The molecule has 1 saturated carbocycles. The number of rotatable bonds is 3. The molecule has 15 heavy (non-hydrogen) atoms. The number of hydrogen-bond acceptors (Lipinski definition) is 1. The third-order valence-electron chi connectivity index (χ3n) is 3.23. The molecule has 2 rings (SSSR count). The number of aryl methyl sites for hydroxylation is 1. The Balaban J connectivity index is 2.28. The molecule has 1 aromatic carbocycles. The third-order valence-corrected chi connectivity index (χ3v) is 4.40. The van der Waals surface area contributed by atoms with Crippen molar-refractivity contribution < 1.29 is 4.74 Å². The summed E-state index contributed by atoms with van der Waals surface area (Å²) in [4.78, 5) is 0.447. The Morgan fingerprint density at radius 1 is 1.47 bits per heavy atom. The van der Waals surface area contributed by atoms with Crippen molar-refractivity contribution in [2.45, 2.75) is 25.1 Å². The highest BCUT2D eigenvalue weighted by atomic mass is 79.9. The Kier molecular flexibility index (Phi) is 3.06. The molecule has 1 aliphatic rings. The highest BCUT2D eigenvalue weighted by Crippen LogP contribution is 2.52. The SMILES string of the molecule is COc1ccc(C)cc1C(Br)C1CC1C. The van der Waals surface area contributed by atoms with Gasteiger partial charge in [0.15, 0.2) is 0 Å². The molecule has 82 valence electrons. The van der Waals surface area contributed by atoms with Crippen LogP contribution in [0, 0.1) is 18.8 Å². The van der Waals surface area contributed by atoms with Crippen LogP contribution in [0.15, 0.2) is 18.2 Å². The molecular formula is C13H17BrO. The van der Waals surface area contributed by atoms with Crippen LogP contribution < -0.4 is 4.74 Å². The van der Waals surface area contributed by atoms with Crippen LogP contribution in [0.5, 0.6) is 5.75 Å². The second-order valence-electron chi connectivity index (χ2n) is 4.52. The van der Waals surface area contributed by atoms with E-state index in [1.54, 1.807) is 7.11 Å². The molecule has 0 heterocycles. The first-order valence-corrected chi connectivity index (χ1v) is 6.33. The number of ether oxygens (including phenoxy) is 1. The van der Waals surface area contributed by atoms with Crippen LogP contribution >= 0.6 is 15.9 Å². The molecule has 3 atom stereocenters. The summed E-state index contributed by atoms with van der Waals surface area (Å²) in [5.41, 5.74) is 2.59. The maximum absolute atomic E-state index is 5.40. The van der Waals surface area contributed by atoms with Gasteiger partial charge in [-0.2, -0.15) is 0 Å². The van der Waals surface area contributed by atoms with Crippen LogP contribution in [0.1, 0.15) is 29.3 Å². The minimum Gasteiger partial charge on any atom is -0.496 e. The van der Waals surface area contributed by atoms with E-state index in [9.17, 15) is 0 Å². The van der Waals surface area contributed by atoms with Crippen LogP contribution in [0.3, 0.4) is 0 Å². The van der Waals surface area contributed by atoms with E-state index in [1.807, 2.05) is 0 Å². The van der Waals surface area contributed by atoms with E-state index in [2.05, 4.69) is 48.0 Å². The molecule has 2 heteroatoms. The third kappa shape index (κ3) is 2.20. The van der Waals surface area contributed by atoms with E-state index >= 15 is 0 Å². The summed E-state index contributed by atoms with van der Waals surface area (Å²) in [7, 11) is 1.74. The molecule has 1 fully saturated rings. The predicted molar refractivity (Wildman–Crippen MR) is 66.7 cm³/mol. The van der Waals surface area contributed by atoms with Crippen molar-refractivity contribution in [1.29, 1.82) is 0 Å². The van der Waals surface area contributed by atoms with E-state index in [-0.39, 0.29) is 0 Å². The van der Waals surface area contributed by atoms with Crippen molar-refractivity contribution in [3.8, 4) is 5.75 Å². The summed E-state index contributed by atoms with van der Waals surface area (Å²) in [6.07, 6.45) is 1.33. The highest BCUT2D eigenvalue weighted by Gasteiger charge is 2.39. The van der Waals surface area contributed by atoms with Gasteiger partial charge in [-0.3, -0.25) is 0 Å². The van der Waals surface area contributed by atoms with Crippen molar-refractivity contribution in [3.05, 3.63) is 29.3 Å². The first-order valence-electron chi connectivity index (χ1n) is 5.42. The molecule has 1 nitrogen and oxygen atoms in total. The summed E-state index contributed by atoms with van der Waals surface area (Å²) in [6, 6.07) is 6.38. The Hall–Kier alpha value is -0.500. The van der Waals surface area contributed by atoms with Crippen molar-refractivity contribution in [1.82, 2.24) is 0 Å². The molecule has 0 saturated heterocycles. The summed E-state index contributed by atoms with van der Waals surface area (Å²) in [5, 5.41) is 0. The normalized spacial score (nSPS) is 26.1. The lowest BCUT2D eigenvalue weighted by Gasteiger charge is -2.14. The molecule has 0 N–H and O–H groups in total. The maximum atomic E-state index is 5.40. The Bertz CT molecular complexity index is 362. The smallest absolute Gasteiger partial charge is 0.123 e. The van der Waals surface area contributed by atoms with Gasteiger partial charge in [0.1, 0.15) is 5.75 Å². The zero-order valence-corrected chi connectivity index (χ0v) is 11.0. The first-order chi connectivity index (χ1) is 7.13. The Morgan fingerprint density at radius 3 is 2.67 bits per heavy atom. The van der Waals surface area contributed by atoms with Gasteiger partial charge >= 0.3 is 0 Å². The lowest BCUT2D eigenvalue weighted by Crippen LogP contribution is -1.98. The summed E-state index contributed by atoms with van der Waals surface area (Å²) < 4.78 is 5.40. The molecule has 0 bridgehead atoms. The molecule has 3 unspecified atom stereocenters. The van der Waals surface area contributed by atoms with Gasteiger partial charge in [-0.25, -0.2) is 0 Å². The minimum atomic E-state index is 0.447. The maximum Gasteiger partial charge on any atom is 0.123 e. The second-order valence-corrected chi connectivity index (χ2v) is 5.51. The van der Waals surface area contributed by atoms with E-state index in [0.29, 0.717) is 4.83 Å². The second kappa shape index (κ2) is 4.17. The zero-order chi connectivity index (χ0) is 11.0. The van der Waals surface area contributed by atoms with Gasteiger partial charge in [-0.1, -0.05) is 40.5 Å². The van der Waals surface area contributed by atoms with Gasteiger partial charge in [0.25, 0.3) is 0 Å². The summed E-state index contributed by atoms with van der Waals surface area (Å²) >= 11 is 3.80. The average molecular weight is 269 g/mol. The van der Waals surface area contributed by atoms with Gasteiger partial charge in [0.2, 0.25) is 0 Å². The molecular weight excluding hydrogens is 252 g/mol. The molecule has 1 aromatic rings. The lowest BCUT2D eigenvalue weighted by atomic mass is 10.0. The van der Waals surface area contributed by atoms with Gasteiger partial charge < -0.3 is 4.74 Å². The van der Waals surface area contributed by atoms with E-state index in [4.69, 9.17) is 4.74 Å². The highest BCUT2D eigenvalue weighted by molar-refractivity contribution is 9.09. The van der Waals surface area contributed by atoms with E-state index in [1.165, 1.54) is 17.5 Å². The predicted octanol–water partition coefficient (Wildman–Crippen LogP) is 4.10. The molecule has 0 aromatic heterocycles. The van der Waals surface area contributed by atoms with Crippen molar-refractivity contribution in [2.24, 2.45) is 11.8 Å². The number of alkyl halides is 1. The molecule has 0 spiro atoms. The van der Waals surface area contributed by atoms with Crippen LogP contribution in [-0.2, 0) is 0 Å². The first kappa shape index (κ1) is 11.0. The zero-order valence-electron chi connectivity index (χ0n) is 9.46. The Morgan fingerprint density at radius 2 is 2.13 bits per heavy atom. The average Bonchev–Trinajstić information content (AvgIpc) is 2.94. The Labute approximate surface area is 100.0 Å². The minimum absolute atomic E-state index is 0.447. The number of halogens is 1. The van der Waals surface area contributed by atoms with Crippen molar-refractivity contribution in [3.63, 3.8) is 0 Å². The molecule has 1 aliphatic carbocycles. The fourth-order valence-corrected chi connectivity index (χ4v) is 3.15.